The number of nitrogen functional groups attached to an aromatic ring is 1. The monoisotopic (exact) mass is 179 g/mol. The third-order valence-corrected chi connectivity index (χ3v) is 1.49. The van der Waals surface area contributed by atoms with Gasteiger partial charge in [-0.1, -0.05) is 0 Å². The third-order valence-electron chi connectivity index (χ3n) is 1.49. The van der Waals surface area contributed by atoms with Gasteiger partial charge in [0, 0.05) is 6.54 Å². The maximum atomic E-state index is 12.1. The van der Waals surface area contributed by atoms with Crippen molar-refractivity contribution in [3.05, 3.63) is 11.9 Å². The topological polar surface area (TPSA) is 43.8 Å². The second-order valence-corrected chi connectivity index (χ2v) is 2.24. The van der Waals surface area contributed by atoms with Crippen LogP contribution in [-0.2, 0) is 12.7 Å². The van der Waals surface area contributed by atoms with Crippen molar-refractivity contribution >= 4 is 5.95 Å². The Morgan fingerprint density at radius 2 is 2.17 bits per heavy atom. The largest absolute Gasteiger partial charge is 0.433 e. The Labute approximate surface area is 67.0 Å². The highest BCUT2D eigenvalue weighted by Crippen LogP contribution is 2.30. The van der Waals surface area contributed by atoms with Gasteiger partial charge in [0.2, 0.25) is 5.95 Å². The van der Waals surface area contributed by atoms with Crippen molar-refractivity contribution in [2.24, 2.45) is 0 Å². The molecular weight excluding hydrogens is 171 g/mol. The number of anilines is 1. The molecule has 0 unspecified atom stereocenters. The maximum Gasteiger partial charge on any atom is 0.433 e. The normalized spacial score (nSPS) is 12.0. The lowest BCUT2D eigenvalue weighted by Gasteiger charge is -2.09. The molecule has 0 amide bonds. The van der Waals surface area contributed by atoms with Crippen LogP contribution in [0, 0.1) is 0 Å². The van der Waals surface area contributed by atoms with Gasteiger partial charge in [-0.2, -0.15) is 13.2 Å². The minimum absolute atomic E-state index is 0.107. The molecule has 0 aliphatic heterocycles. The smallest absolute Gasteiger partial charge is 0.369 e. The lowest BCUT2D eigenvalue weighted by molar-refractivity contribution is -0.143. The van der Waals surface area contributed by atoms with Crippen LogP contribution in [0.1, 0.15) is 12.6 Å². The number of rotatable bonds is 1. The van der Waals surface area contributed by atoms with Crippen LogP contribution in [0.15, 0.2) is 6.20 Å². The van der Waals surface area contributed by atoms with Crippen LogP contribution >= 0.6 is 0 Å². The van der Waals surface area contributed by atoms with Crippen LogP contribution in [0.25, 0.3) is 0 Å². The average Bonchev–Trinajstić information content (AvgIpc) is 2.29. The Bertz CT molecular complexity index is 276. The highest BCUT2D eigenvalue weighted by Gasteiger charge is 2.35. The van der Waals surface area contributed by atoms with E-state index >= 15 is 0 Å². The summed E-state index contributed by atoms with van der Waals surface area (Å²) >= 11 is 0. The number of alkyl halides is 3. The van der Waals surface area contributed by atoms with Gasteiger partial charge >= 0.3 is 6.18 Å². The molecule has 1 heterocycles. The summed E-state index contributed by atoms with van der Waals surface area (Å²) < 4.78 is 37.3. The van der Waals surface area contributed by atoms with E-state index in [4.69, 9.17) is 5.73 Å². The molecule has 1 rings (SSSR count). The van der Waals surface area contributed by atoms with Crippen LogP contribution < -0.4 is 5.73 Å². The minimum Gasteiger partial charge on any atom is -0.369 e. The first-order valence-electron chi connectivity index (χ1n) is 3.35. The Balaban J connectivity index is 3.16. The van der Waals surface area contributed by atoms with E-state index in [0.29, 0.717) is 0 Å². The quantitative estimate of drug-likeness (QED) is 0.710. The summed E-state index contributed by atoms with van der Waals surface area (Å²) in [6.45, 7) is 1.74. The number of hydrogen-bond acceptors (Lipinski definition) is 2. The molecule has 0 radical (unpaired) electrons. The SMILES string of the molecule is CCn1c(C(F)(F)F)cnc1N. The third kappa shape index (κ3) is 1.37. The molecule has 0 aliphatic carbocycles. The summed E-state index contributed by atoms with van der Waals surface area (Å²) in [5.41, 5.74) is 4.40. The van der Waals surface area contributed by atoms with Gasteiger partial charge in [0.1, 0.15) is 5.69 Å². The Hall–Kier alpha value is -1.20. The van der Waals surface area contributed by atoms with Gasteiger partial charge in [-0.3, -0.25) is 0 Å². The van der Waals surface area contributed by atoms with Crippen molar-refractivity contribution in [3.63, 3.8) is 0 Å². The summed E-state index contributed by atoms with van der Waals surface area (Å²) in [6.07, 6.45) is -3.64. The highest BCUT2D eigenvalue weighted by molar-refractivity contribution is 5.24. The molecule has 3 nitrogen and oxygen atoms in total. The summed E-state index contributed by atoms with van der Waals surface area (Å²) in [5, 5.41) is 0. The number of halogens is 3. The van der Waals surface area contributed by atoms with E-state index in [0.717, 1.165) is 10.8 Å². The standard InChI is InChI=1S/C6H8F3N3/c1-2-12-4(6(7,8)9)3-11-5(12)10/h3H,2H2,1H3,(H2,10,11). The Morgan fingerprint density at radius 3 is 2.50 bits per heavy atom. The number of aromatic nitrogens is 2. The summed E-state index contributed by atoms with van der Waals surface area (Å²) in [6, 6.07) is 0. The van der Waals surface area contributed by atoms with E-state index in [1.807, 2.05) is 0 Å². The first-order valence-corrected chi connectivity index (χ1v) is 3.35. The Morgan fingerprint density at radius 1 is 1.58 bits per heavy atom. The molecule has 2 N–H and O–H groups in total. The summed E-state index contributed by atoms with van der Waals surface area (Å²) in [7, 11) is 0. The highest BCUT2D eigenvalue weighted by atomic mass is 19.4. The zero-order chi connectivity index (χ0) is 9.35. The fourth-order valence-electron chi connectivity index (χ4n) is 0.949. The van der Waals surface area contributed by atoms with Crippen molar-refractivity contribution in [1.82, 2.24) is 9.55 Å². The van der Waals surface area contributed by atoms with Crippen molar-refractivity contribution in [2.75, 3.05) is 5.73 Å². The summed E-state index contributed by atoms with van der Waals surface area (Å²) in [4.78, 5) is 3.37. The molecule has 68 valence electrons. The summed E-state index contributed by atoms with van der Waals surface area (Å²) in [5.74, 6) is -0.107. The zero-order valence-electron chi connectivity index (χ0n) is 6.39. The molecule has 0 bridgehead atoms. The molecule has 12 heavy (non-hydrogen) atoms. The molecular formula is C6H8F3N3. The molecule has 0 spiro atoms. The first kappa shape index (κ1) is 8.89. The van der Waals surface area contributed by atoms with Gasteiger partial charge < -0.3 is 10.3 Å². The molecule has 1 aromatic heterocycles. The van der Waals surface area contributed by atoms with E-state index in [2.05, 4.69) is 4.98 Å². The average molecular weight is 179 g/mol. The molecule has 0 saturated carbocycles. The molecule has 0 atom stereocenters. The van der Waals surface area contributed by atoms with Gasteiger partial charge in [0.05, 0.1) is 6.20 Å². The molecule has 0 aliphatic rings. The number of nitrogens with zero attached hydrogens (tertiary/aromatic N) is 2. The number of imidazole rings is 1. The van der Waals surface area contributed by atoms with Gasteiger partial charge in [-0.15, -0.1) is 0 Å². The van der Waals surface area contributed by atoms with Crippen LogP contribution in [-0.4, -0.2) is 9.55 Å². The molecule has 0 aromatic carbocycles. The van der Waals surface area contributed by atoms with E-state index in [-0.39, 0.29) is 12.5 Å². The molecule has 1 aromatic rings. The Kier molecular flexibility index (Phi) is 1.99. The fraction of sp³-hybridized carbons (Fsp3) is 0.500. The van der Waals surface area contributed by atoms with Crippen molar-refractivity contribution in [1.29, 1.82) is 0 Å². The maximum absolute atomic E-state index is 12.1. The van der Waals surface area contributed by atoms with E-state index in [1.54, 1.807) is 6.92 Å². The van der Waals surface area contributed by atoms with E-state index in [9.17, 15) is 13.2 Å². The van der Waals surface area contributed by atoms with Crippen molar-refractivity contribution < 1.29 is 13.2 Å². The molecule has 0 saturated heterocycles. The zero-order valence-corrected chi connectivity index (χ0v) is 6.39. The number of nitrogens with two attached hydrogens (primary N) is 1. The van der Waals surface area contributed by atoms with Gasteiger partial charge in [0.25, 0.3) is 0 Å². The fourth-order valence-corrected chi connectivity index (χ4v) is 0.949. The molecule has 6 heteroatoms. The lowest BCUT2D eigenvalue weighted by atomic mass is 10.4. The first-order chi connectivity index (χ1) is 5.46. The van der Waals surface area contributed by atoms with Crippen LogP contribution in [0.2, 0.25) is 0 Å². The van der Waals surface area contributed by atoms with Crippen LogP contribution in [0.4, 0.5) is 19.1 Å². The van der Waals surface area contributed by atoms with Crippen molar-refractivity contribution in [2.45, 2.75) is 19.6 Å². The van der Waals surface area contributed by atoms with Gasteiger partial charge in [0.15, 0.2) is 0 Å². The van der Waals surface area contributed by atoms with Gasteiger partial charge in [-0.05, 0) is 6.92 Å². The van der Waals surface area contributed by atoms with Crippen LogP contribution in [0.5, 0.6) is 0 Å². The van der Waals surface area contributed by atoms with E-state index < -0.39 is 11.9 Å². The minimum atomic E-state index is -4.37. The predicted molar refractivity (Wildman–Crippen MR) is 37.3 cm³/mol. The van der Waals surface area contributed by atoms with E-state index in [1.165, 1.54) is 0 Å². The van der Waals surface area contributed by atoms with Crippen molar-refractivity contribution in [3.8, 4) is 0 Å². The second-order valence-electron chi connectivity index (χ2n) is 2.24. The van der Waals surface area contributed by atoms with Crippen LogP contribution in [0.3, 0.4) is 0 Å². The molecule has 0 fully saturated rings. The predicted octanol–water partition coefficient (Wildman–Crippen LogP) is 1.50. The van der Waals surface area contributed by atoms with Gasteiger partial charge in [-0.25, -0.2) is 4.98 Å². The second kappa shape index (κ2) is 2.69. The number of hydrogen-bond donors (Lipinski definition) is 1. The lowest BCUT2D eigenvalue weighted by Crippen LogP contribution is -2.14.